The molecule has 0 bridgehead atoms. The molecule has 2 heterocycles. The molecule has 0 saturated heterocycles. The van der Waals surface area contributed by atoms with Crippen molar-refractivity contribution in [1.29, 1.82) is 0 Å². The fraction of sp³-hybridized carbons (Fsp3) is 0.100. The fourth-order valence-electron chi connectivity index (χ4n) is 3.03. The molecule has 4 rings (SSSR count). The molecule has 2 aromatic heterocycles. The van der Waals surface area contributed by atoms with Crippen LogP contribution in [0.5, 0.6) is 5.75 Å². The van der Waals surface area contributed by atoms with Crippen molar-refractivity contribution in [2.45, 2.75) is 6.92 Å². The highest BCUT2D eigenvalue weighted by Crippen LogP contribution is 2.32. The lowest BCUT2D eigenvalue weighted by Gasteiger charge is -2.07. The standard InChI is InChI=1S/C20H16ClN3O/c1-13-19(15-6-3-7-16(21)11-15)20-22-10-9-18(24(20)23-13)14-5-4-8-17(12-14)25-2/h3-12H,1-2H3. The first kappa shape index (κ1) is 15.7. The van der Waals surface area contributed by atoms with Gasteiger partial charge in [-0.3, -0.25) is 0 Å². The average molecular weight is 350 g/mol. The van der Waals surface area contributed by atoms with Gasteiger partial charge in [-0.15, -0.1) is 0 Å². The van der Waals surface area contributed by atoms with Crippen LogP contribution in [0.1, 0.15) is 5.69 Å². The number of fused-ring (bicyclic) bond motifs is 1. The molecule has 0 aliphatic heterocycles. The van der Waals surface area contributed by atoms with Gasteiger partial charge in [0.1, 0.15) is 5.75 Å². The van der Waals surface area contributed by atoms with E-state index in [1.807, 2.05) is 66.0 Å². The van der Waals surface area contributed by atoms with Gasteiger partial charge in [-0.25, -0.2) is 9.50 Å². The minimum absolute atomic E-state index is 0.695. The molecule has 4 nitrogen and oxygen atoms in total. The van der Waals surface area contributed by atoms with Gasteiger partial charge < -0.3 is 4.74 Å². The Morgan fingerprint density at radius 3 is 2.60 bits per heavy atom. The third-order valence-electron chi connectivity index (χ3n) is 4.17. The predicted molar refractivity (Wildman–Crippen MR) is 100 cm³/mol. The van der Waals surface area contributed by atoms with Gasteiger partial charge in [0, 0.05) is 22.3 Å². The van der Waals surface area contributed by atoms with Crippen LogP contribution in [0.25, 0.3) is 28.0 Å². The van der Waals surface area contributed by atoms with Gasteiger partial charge in [-0.1, -0.05) is 35.9 Å². The van der Waals surface area contributed by atoms with Crippen LogP contribution in [0, 0.1) is 6.92 Å². The second kappa shape index (κ2) is 6.22. The number of nitrogens with zero attached hydrogens (tertiary/aromatic N) is 3. The lowest BCUT2D eigenvalue weighted by atomic mass is 10.1. The molecule has 0 saturated carbocycles. The van der Waals surface area contributed by atoms with Crippen LogP contribution in [-0.2, 0) is 0 Å². The Morgan fingerprint density at radius 2 is 1.80 bits per heavy atom. The monoisotopic (exact) mass is 349 g/mol. The fourth-order valence-corrected chi connectivity index (χ4v) is 3.22. The maximum atomic E-state index is 6.16. The van der Waals surface area contributed by atoms with Gasteiger partial charge >= 0.3 is 0 Å². The zero-order valence-corrected chi connectivity index (χ0v) is 14.7. The van der Waals surface area contributed by atoms with Gasteiger partial charge in [0.15, 0.2) is 5.65 Å². The molecular formula is C20H16ClN3O. The largest absolute Gasteiger partial charge is 0.497 e. The molecule has 0 unspecified atom stereocenters. The average Bonchev–Trinajstić information content (AvgIpc) is 2.97. The van der Waals surface area contributed by atoms with Crippen molar-refractivity contribution < 1.29 is 4.74 Å². The first-order chi connectivity index (χ1) is 12.2. The Morgan fingerprint density at radius 1 is 1.00 bits per heavy atom. The van der Waals surface area contributed by atoms with E-state index >= 15 is 0 Å². The Labute approximate surface area is 150 Å². The van der Waals surface area contributed by atoms with E-state index < -0.39 is 0 Å². The van der Waals surface area contributed by atoms with E-state index in [9.17, 15) is 0 Å². The summed E-state index contributed by atoms with van der Waals surface area (Å²) >= 11 is 6.16. The molecule has 0 fully saturated rings. The molecule has 0 radical (unpaired) electrons. The summed E-state index contributed by atoms with van der Waals surface area (Å²) in [5.41, 5.74) is 5.69. The van der Waals surface area contributed by atoms with Crippen molar-refractivity contribution in [3.05, 3.63) is 71.5 Å². The van der Waals surface area contributed by atoms with Gasteiger partial charge in [0.2, 0.25) is 0 Å². The molecule has 0 N–H and O–H groups in total. The van der Waals surface area contributed by atoms with Crippen molar-refractivity contribution in [3.63, 3.8) is 0 Å². The highest BCUT2D eigenvalue weighted by molar-refractivity contribution is 6.30. The number of methoxy groups -OCH3 is 1. The van der Waals surface area contributed by atoms with Crippen LogP contribution in [0.3, 0.4) is 0 Å². The maximum absolute atomic E-state index is 6.16. The second-order valence-electron chi connectivity index (χ2n) is 5.77. The molecule has 2 aromatic carbocycles. The molecule has 4 aromatic rings. The topological polar surface area (TPSA) is 39.4 Å². The van der Waals surface area contributed by atoms with Crippen LogP contribution in [-0.4, -0.2) is 21.7 Å². The first-order valence-electron chi connectivity index (χ1n) is 7.92. The van der Waals surface area contributed by atoms with Crippen molar-refractivity contribution in [1.82, 2.24) is 14.6 Å². The van der Waals surface area contributed by atoms with Gasteiger partial charge in [-0.2, -0.15) is 5.10 Å². The van der Waals surface area contributed by atoms with E-state index in [0.717, 1.165) is 39.5 Å². The molecule has 124 valence electrons. The van der Waals surface area contributed by atoms with Crippen molar-refractivity contribution in [2.24, 2.45) is 0 Å². The SMILES string of the molecule is COc1cccc(-c2ccnc3c(-c4cccc(Cl)c4)c(C)nn23)c1. The third-order valence-corrected chi connectivity index (χ3v) is 4.41. The molecule has 5 heteroatoms. The number of hydrogen-bond acceptors (Lipinski definition) is 3. The van der Waals surface area contributed by atoms with Gasteiger partial charge in [0.25, 0.3) is 0 Å². The van der Waals surface area contributed by atoms with Crippen LogP contribution in [0.2, 0.25) is 5.02 Å². The maximum Gasteiger partial charge on any atom is 0.163 e. The number of aryl methyl sites for hydroxylation is 1. The molecular weight excluding hydrogens is 334 g/mol. The zero-order chi connectivity index (χ0) is 17.4. The number of benzene rings is 2. The van der Waals surface area contributed by atoms with Crippen molar-refractivity contribution in [3.8, 4) is 28.1 Å². The highest BCUT2D eigenvalue weighted by Gasteiger charge is 2.16. The number of hydrogen-bond donors (Lipinski definition) is 0. The second-order valence-corrected chi connectivity index (χ2v) is 6.20. The minimum atomic E-state index is 0.695. The van der Waals surface area contributed by atoms with Crippen LogP contribution < -0.4 is 4.74 Å². The Hall–Kier alpha value is -2.85. The lowest BCUT2D eigenvalue weighted by molar-refractivity contribution is 0.415. The smallest absolute Gasteiger partial charge is 0.163 e. The van der Waals surface area contributed by atoms with E-state index in [1.54, 1.807) is 13.3 Å². The zero-order valence-electron chi connectivity index (χ0n) is 13.9. The van der Waals surface area contributed by atoms with Gasteiger partial charge in [0.05, 0.1) is 18.5 Å². The summed E-state index contributed by atoms with van der Waals surface area (Å²) in [7, 11) is 1.66. The summed E-state index contributed by atoms with van der Waals surface area (Å²) < 4.78 is 7.22. The molecule has 0 amide bonds. The molecule has 0 aliphatic carbocycles. The molecule has 0 aliphatic rings. The lowest BCUT2D eigenvalue weighted by Crippen LogP contribution is -1.96. The minimum Gasteiger partial charge on any atom is -0.497 e. The number of halogens is 1. The molecule has 0 atom stereocenters. The van der Waals surface area contributed by atoms with Crippen LogP contribution in [0.4, 0.5) is 0 Å². The normalized spacial score (nSPS) is 11.0. The van der Waals surface area contributed by atoms with E-state index in [0.29, 0.717) is 5.02 Å². The number of aromatic nitrogens is 3. The summed E-state index contributed by atoms with van der Waals surface area (Å²) in [5.74, 6) is 0.807. The summed E-state index contributed by atoms with van der Waals surface area (Å²) in [6.07, 6.45) is 1.80. The number of ether oxygens (including phenoxy) is 1. The summed E-state index contributed by atoms with van der Waals surface area (Å²) in [5, 5.41) is 5.42. The quantitative estimate of drug-likeness (QED) is 0.520. The van der Waals surface area contributed by atoms with Crippen molar-refractivity contribution in [2.75, 3.05) is 7.11 Å². The van der Waals surface area contributed by atoms with E-state index in [2.05, 4.69) is 4.98 Å². The van der Waals surface area contributed by atoms with Gasteiger partial charge in [-0.05, 0) is 42.8 Å². The Balaban J connectivity index is 1.96. The Bertz CT molecular complexity index is 1070. The highest BCUT2D eigenvalue weighted by atomic mass is 35.5. The van der Waals surface area contributed by atoms with Crippen LogP contribution >= 0.6 is 11.6 Å². The van der Waals surface area contributed by atoms with E-state index in [-0.39, 0.29) is 0 Å². The Kier molecular flexibility index (Phi) is 3.90. The molecule has 25 heavy (non-hydrogen) atoms. The third kappa shape index (κ3) is 2.75. The van der Waals surface area contributed by atoms with Crippen LogP contribution in [0.15, 0.2) is 60.8 Å². The van der Waals surface area contributed by atoms with E-state index in [1.165, 1.54) is 0 Å². The summed E-state index contributed by atoms with van der Waals surface area (Å²) in [6, 6.07) is 17.6. The van der Waals surface area contributed by atoms with Crippen molar-refractivity contribution >= 4 is 17.2 Å². The summed E-state index contributed by atoms with van der Waals surface area (Å²) in [6.45, 7) is 1.99. The first-order valence-corrected chi connectivity index (χ1v) is 8.30. The van der Waals surface area contributed by atoms with E-state index in [4.69, 9.17) is 21.4 Å². The predicted octanol–water partition coefficient (Wildman–Crippen LogP) is 5.03. The molecule has 0 spiro atoms. The summed E-state index contributed by atoms with van der Waals surface area (Å²) in [4.78, 5) is 4.56. The number of rotatable bonds is 3.